The molecule has 5 heteroatoms. The van der Waals surface area contributed by atoms with Gasteiger partial charge in [0.05, 0.1) is 6.33 Å². The highest BCUT2D eigenvalue weighted by atomic mass is 16.3. The van der Waals surface area contributed by atoms with E-state index in [0.29, 0.717) is 18.7 Å². The number of aryl methyl sites for hydroxylation is 1. The predicted molar refractivity (Wildman–Crippen MR) is 56.4 cm³/mol. The molecule has 1 heterocycles. The number of nitrogens with one attached hydrogen (secondary N) is 1. The smallest absolute Gasteiger partial charge is 0.271 e. The van der Waals surface area contributed by atoms with E-state index in [2.05, 4.69) is 10.3 Å². The molecule has 0 aliphatic rings. The first-order chi connectivity index (χ1) is 7.13. The average molecular weight is 211 g/mol. The summed E-state index contributed by atoms with van der Waals surface area (Å²) in [5.74, 6) is 0.114. The number of rotatable bonds is 5. The number of nitrogens with zero attached hydrogens (tertiary/aromatic N) is 2. The van der Waals surface area contributed by atoms with E-state index < -0.39 is 0 Å². The summed E-state index contributed by atoms with van der Waals surface area (Å²) in [7, 11) is 1.82. The molecule has 0 radical (unpaired) electrons. The van der Waals surface area contributed by atoms with Gasteiger partial charge in [-0.3, -0.25) is 4.79 Å². The molecule has 2 N–H and O–H groups in total. The van der Waals surface area contributed by atoms with E-state index in [1.54, 1.807) is 17.1 Å². The lowest BCUT2D eigenvalue weighted by atomic mass is 10.1. The second-order valence-corrected chi connectivity index (χ2v) is 3.75. The van der Waals surface area contributed by atoms with E-state index in [4.69, 9.17) is 5.11 Å². The monoisotopic (exact) mass is 211 g/mol. The minimum absolute atomic E-state index is 0.153. The van der Waals surface area contributed by atoms with Crippen LogP contribution in [0.4, 0.5) is 0 Å². The first-order valence-corrected chi connectivity index (χ1v) is 5.00. The molecule has 0 saturated carbocycles. The van der Waals surface area contributed by atoms with Gasteiger partial charge in [-0.25, -0.2) is 4.98 Å². The molecule has 0 spiro atoms. The van der Waals surface area contributed by atoms with E-state index in [0.717, 1.165) is 0 Å². The summed E-state index contributed by atoms with van der Waals surface area (Å²) < 4.78 is 1.73. The van der Waals surface area contributed by atoms with Gasteiger partial charge in [0.15, 0.2) is 0 Å². The van der Waals surface area contributed by atoms with Crippen LogP contribution in [0.25, 0.3) is 0 Å². The molecular formula is C10H17N3O2. The van der Waals surface area contributed by atoms with E-state index in [9.17, 15) is 4.79 Å². The van der Waals surface area contributed by atoms with Crippen molar-refractivity contribution in [3.63, 3.8) is 0 Å². The molecule has 0 bridgehead atoms. The maximum Gasteiger partial charge on any atom is 0.271 e. The van der Waals surface area contributed by atoms with Gasteiger partial charge in [0.25, 0.3) is 5.91 Å². The van der Waals surface area contributed by atoms with Crippen LogP contribution in [-0.2, 0) is 7.05 Å². The number of carbonyl (C=O) groups is 1. The van der Waals surface area contributed by atoms with Gasteiger partial charge in [-0.1, -0.05) is 6.92 Å². The van der Waals surface area contributed by atoms with Gasteiger partial charge in [0.2, 0.25) is 0 Å². The summed E-state index contributed by atoms with van der Waals surface area (Å²) in [5, 5.41) is 11.5. The van der Waals surface area contributed by atoms with E-state index in [1.165, 1.54) is 0 Å². The largest absolute Gasteiger partial charge is 0.396 e. The molecule has 1 aromatic heterocycles. The number of hydrogen-bond acceptors (Lipinski definition) is 3. The van der Waals surface area contributed by atoms with Gasteiger partial charge in [-0.2, -0.15) is 0 Å². The van der Waals surface area contributed by atoms with E-state index >= 15 is 0 Å². The summed E-state index contributed by atoms with van der Waals surface area (Å²) in [5.41, 5.74) is 0.425. The molecular weight excluding hydrogens is 194 g/mol. The number of aliphatic hydroxyl groups excluding tert-OH is 1. The highest BCUT2D eigenvalue weighted by Gasteiger charge is 2.09. The Bertz CT molecular complexity index is 322. The standard InChI is InChI=1S/C10H17N3O2/c1-8(3-4-14)5-11-10(15)9-6-13(2)7-12-9/h6-8,14H,3-5H2,1-2H3,(H,11,15). The Labute approximate surface area is 89.1 Å². The molecule has 1 rings (SSSR count). The summed E-state index contributed by atoms with van der Waals surface area (Å²) in [6.07, 6.45) is 3.96. The third-order valence-electron chi connectivity index (χ3n) is 2.17. The minimum Gasteiger partial charge on any atom is -0.396 e. The Morgan fingerprint density at radius 2 is 2.47 bits per heavy atom. The summed E-state index contributed by atoms with van der Waals surface area (Å²) >= 11 is 0. The molecule has 0 aliphatic carbocycles. The fraction of sp³-hybridized carbons (Fsp3) is 0.600. The van der Waals surface area contributed by atoms with Crippen LogP contribution in [0.1, 0.15) is 23.8 Å². The molecule has 1 amide bonds. The number of carbonyl (C=O) groups excluding carboxylic acids is 1. The zero-order chi connectivity index (χ0) is 11.3. The first kappa shape index (κ1) is 11.7. The van der Waals surface area contributed by atoms with Gasteiger partial charge in [-0.05, 0) is 12.3 Å². The third-order valence-corrected chi connectivity index (χ3v) is 2.17. The molecule has 1 aromatic rings. The van der Waals surface area contributed by atoms with Crippen molar-refractivity contribution in [1.29, 1.82) is 0 Å². The SMILES string of the molecule is CC(CCO)CNC(=O)c1cn(C)cn1. The molecule has 0 aliphatic heterocycles. The lowest BCUT2D eigenvalue weighted by Crippen LogP contribution is -2.28. The van der Waals surface area contributed by atoms with E-state index in [-0.39, 0.29) is 18.4 Å². The molecule has 84 valence electrons. The number of hydrogen-bond donors (Lipinski definition) is 2. The molecule has 5 nitrogen and oxygen atoms in total. The topological polar surface area (TPSA) is 67.2 Å². The Morgan fingerprint density at radius 3 is 3.00 bits per heavy atom. The van der Waals surface area contributed by atoms with Gasteiger partial charge in [-0.15, -0.1) is 0 Å². The fourth-order valence-electron chi connectivity index (χ4n) is 1.21. The van der Waals surface area contributed by atoms with Gasteiger partial charge >= 0.3 is 0 Å². The second kappa shape index (κ2) is 5.50. The minimum atomic E-state index is -0.166. The fourth-order valence-corrected chi connectivity index (χ4v) is 1.21. The second-order valence-electron chi connectivity index (χ2n) is 3.75. The maximum absolute atomic E-state index is 11.5. The molecule has 0 aromatic carbocycles. The third kappa shape index (κ3) is 3.71. The number of aliphatic hydroxyl groups is 1. The van der Waals surface area contributed by atoms with Crippen LogP contribution in [0, 0.1) is 5.92 Å². The van der Waals surface area contributed by atoms with Crippen LogP contribution in [-0.4, -0.2) is 33.7 Å². The Kier molecular flexibility index (Phi) is 4.30. The zero-order valence-electron chi connectivity index (χ0n) is 9.10. The Balaban J connectivity index is 2.36. The normalized spacial score (nSPS) is 12.5. The average Bonchev–Trinajstić information content (AvgIpc) is 2.62. The number of amides is 1. The maximum atomic E-state index is 11.5. The lowest BCUT2D eigenvalue weighted by molar-refractivity contribution is 0.0941. The summed E-state index contributed by atoms with van der Waals surface area (Å²) in [6, 6.07) is 0. The van der Waals surface area contributed by atoms with Crippen molar-refractivity contribution in [3.8, 4) is 0 Å². The zero-order valence-corrected chi connectivity index (χ0v) is 9.10. The van der Waals surface area contributed by atoms with Crippen LogP contribution in [0.5, 0.6) is 0 Å². The van der Waals surface area contributed by atoms with Crippen molar-refractivity contribution in [2.45, 2.75) is 13.3 Å². The van der Waals surface area contributed by atoms with Crippen molar-refractivity contribution < 1.29 is 9.90 Å². The molecule has 1 atom stereocenters. The number of imidazole rings is 1. The quantitative estimate of drug-likeness (QED) is 0.729. The van der Waals surface area contributed by atoms with Crippen LogP contribution in [0.15, 0.2) is 12.5 Å². The van der Waals surface area contributed by atoms with Gasteiger partial charge in [0, 0.05) is 26.4 Å². The van der Waals surface area contributed by atoms with Crippen molar-refractivity contribution in [3.05, 3.63) is 18.2 Å². The van der Waals surface area contributed by atoms with Crippen LogP contribution < -0.4 is 5.32 Å². The Morgan fingerprint density at radius 1 is 1.73 bits per heavy atom. The van der Waals surface area contributed by atoms with Gasteiger partial charge in [0.1, 0.15) is 5.69 Å². The van der Waals surface area contributed by atoms with Crippen molar-refractivity contribution in [2.75, 3.05) is 13.2 Å². The van der Waals surface area contributed by atoms with Crippen molar-refractivity contribution in [1.82, 2.24) is 14.9 Å². The molecule has 1 unspecified atom stereocenters. The van der Waals surface area contributed by atoms with Crippen molar-refractivity contribution >= 4 is 5.91 Å². The molecule has 0 saturated heterocycles. The van der Waals surface area contributed by atoms with Crippen LogP contribution in [0.3, 0.4) is 0 Å². The predicted octanol–water partition coefficient (Wildman–Crippen LogP) is 0.168. The number of aromatic nitrogens is 2. The van der Waals surface area contributed by atoms with Crippen LogP contribution in [0.2, 0.25) is 0 Å². The van der Waals surface area contributed by atoms with E-state index in [1.807, 2.05) is 14.0 Å². The summed E-state index contributed by atoms with van der Waals surface area (Å²) in [4.78, 5) is 15.5. The Hall–Kier alpha value is -1.36. The molecule has 0 fully saturated rings. The lowest BCUT2D eigenvalue weighted by Gasteiger charge is -2.09. The van der Waals surface area contributed by atoms with Crippen molar-refractivity contribution in [2.24, 2.45) is 13.0 Å². The highest BCUT2D eigenvalue weighted by Crippen LogP contribution is 1.99. The molecule has 15 heavy (non-hydrogen) atoms. The van der Waals surface area contributed by atoms with Gasteiger partial charge < -0.3 is 15.0 Å². The highest BCUT2D eigenvalue weighted by molar-refractivity contribution is 5.91. The summed E-state index contributed by atoms with van der Waals surface area (Å²) in [6.45, 7) is 2.70. The first-order valence-electron chi connectivity index (χ1n) is 5.00. The van der Waals surface area contributed by atoms with Crippen LogP contribution >= 0.6 is 0 Å².